The molecule has 2 aliphatic carbocycles. The lowest BCUT2D eigenvalue weighted by Gasteiger charge is -2.40. The van der Waals surface area contributed by atoms with E-state index in [1.807, 2.05) is 0 Å². The molecule has 0 saturated heterocycles. The Morgan fingerprint density at radius 1 is 1.00 bits per heavy atom. The number of hydrogen-bond donors (Lipinski definition) is 1. The molecule has 0 amide bonds. The maximum atomic E-state index is 13.9. The van der Waals surface area contributed by atoms with Gasteiger partial charge >= 0.3 is 0 Å². The van der Waals surface area contributed by atoms with Crippen LogP contribution in [-0.4, -0.2) is 6.04 Å². The predicted molar refractivity (Wildman–Crippen MR) is 80.8 cm³/mol. The van der Waals surface area contributed by atoms with E-state index in [-0.39, 0.29) is 0 Å². The number of benzene rings is 1. The highest BCUT2D eigenvalue weighted by atomic mass is 79.9. The molecule has 0 heterocycles. The zero-order chi connectivity index (χ0) is 14.1. The van der Waals surface area contributed by atoms with Crippen LogP contribution in [-0.2, 0) is 0 Å². The molecule has 0 spiro atoms. The molecular weight excluding hydrogens is 324 g/mol. The molecule has 0 bridgehead atoms. The van der Waals surface area contributed by atoms with Crippen molar-refractivity contribution in [3.8, 4) is 0 Å². The molecule has 2 aliphatic rings. The Balaban J connectivity index is 1.69. The summed E-state index contributed by atoms with van der Waals surface area (Å²) in [5.74, 6) is 0.610. The smallest absolute Gasteiger partial charge is 0.150 e. The fraction of sp³-hybridized carbons (Fsp3) is 0.625. The standard InChI is InChI=1S/C16H20BrF2N/c17-14-8-12(18)9-15(19)16(14)20-13-6-5-10-3-1-2-4-11(10)7-13/h8-11,13,20H,1-7H2. The van der Waals surface area contributed by atoms with Gasteiger partial charge in [0.05, 0.1) is 5.69 Å². The second-order valence-electron chi connectivity index (χ2n) is 6.20. The van der Waals surface area contributed by atoms with Crippen molar-refractivity contribution < 1.29 is 8.78 Å². The number of anilines is 1. The molecule has 110 valence electrons. The Kier molecular flexibility index (Phi) is 4.29. The number of hydrogen-bond acceptors (Lipinski definition) is 1. The summed E-state index contributed by atoms with van der Waals surface area (Å²) >= 11 is 3.25. The van der Waals surface area contributed by atoms with E-state index in [9.17, 15) is 8.78 Å². The van der Waals surface area contributed by atoms with Crippen molar-refractivity contribution in [3.05, 3.63) is 28.2 Å². The van der Waals surface area contributed by atoms with Gasteiger partial charge in [-0.15, -0.1) is 0 Å². The monoisotopic (exact) mass is 343 g/mol. The summed E-state index contributed by atoms with van der Waals surface area (Å²) in [6.45, 7) is 0. The van der Waals surface area contributed by atoms with Crippen LogP contribution >= 0.6 is 15.9 Å². The van der Waals surface area contributed by atoms with Crippen LogP contribution in [0.1, 0.15) is 44.9 Å². The summed E-state index contributed by atoms with van der Waals surface area (Å²) in [7, 11) is 0. The van der Waals surface area contributed by atoms with Gasteiger partial charge < -0.3 is 5.32 Å². The largest absolute Gasteiger partial charge is 0.379 e. The molecule has 3 unspecified atom stereocenters. The zero-order valence-electron chi connectivity index (χ0n) is 11.5. The first kappa shape index (κ1) is 14.3. The average Bonchev–Trinajstić information content (AvgIpc) is 2.42. The Morgan fingerprint density at radius 3 is 2.50 bits per heavy atom. The van der Waals surface area contributed by atoms with Gasteiger partial charge in [-0.3, -0.25) is 0 Å². The normalized spacial score (nSPS) is 29.9. The van der Waals surface area contributed by atoms with Crippen molar-refractivity contribution in [1.82, 2.24) is 0 Å². The Labute approximate surface area is 127 Å². The molecule has 20 heavy (non-hydrogen) atoms. The molecule has 0 aliphatic heterocycles. The van der Waals surface area contributed by atoms with Gasteiger partial charge in [-0.1, -0.05) is 25.7 Å². The van der Waals surface area contributed by atoms with Crippen molar-refractivity contribution in [2.24, 2.45) is 11.8 Å². The SMILES string of the molecule is Fc1cc(F)c(NC2CCC3CCCCC3C2)c(Br)c1. The third kappa shape index (κ3) is 3.00. The molecule has 4 heteroatoms. The van der Waals surface area contributed by atoms with E-state index >= 15 is 0 Å². The molecule has 3 atom stereocenters. The minimum atomic E-state index is -0.545. The van der Waals surface area contributed by atoms with Crippen molar-refractivity contribution in [2.45, 2.75) is 51.0 Å². The summed E-state index contributed by atoms with van der Waals surface area (Å²) in [6, 6.07) is 2.57. The van der Waals surface area contributed by atoms with Crippen molar-refractivity contribution in [3.63, 3.8) is 0 Å². The first-order valence-corrected chi connectivity index (χ1v) is 8.34. The van der Waals surface area contributed by atoms with Gasteiger partial charge in [-0.2, -0.15) is 0 Å². The minimum Gasteiger partial charge on any atom is -0.379 e. The molecule has 0 radical (unpaired) electrons. The van der Waals surface area contributed by atoms with Crippen LogP contribution in [0.4, 0.5) is 14.5 Å². The van der Waals surface area contributed by atoms with Gasteiger partial charge in [-0.25, -0.2) is 8.78 Å². The topological polar surface area (TPSA) is 12.0 Å². The van der Waals surface area contributed by atoms with Gasteiger partial charge in [0.2, 0.25) is 0 Å². The highest BCUT2D eigenvalue weighted by molar-refractivity contribution is 9.10. The lowest BCUT2D eigenvalue weighted by molar-refractivity contribution is 0.162. The third-order valence-corrected chi connectivity index (χ3v) is 5.52. The van der Waals surface area contributed by atoms with E-state index in [1.165, 1.54) is 38.2 Å². The van der Waals surface area contributed by atoms with Crippen LogP contribution in [0, 0.1) is 23.5 Å². The lowest BCUT2D eigenvalue weighted by atomic mass is 9.69. The van der Waals surface area contributed by atoms with Crippen LogP contribution in [0.5, 0.6) is 0 Å². The summed E-state index contributed by atoms with van der Waals surface area (Å²) in [4.78, 5) is 0. The molecule has 1 aromatic carbocycles. The maximum Gasteiger partial charge on any atom is 0.150 e. The number of rotatable bonds is 2. The van der Waals surface area contributed by atoms with Crippen molar-refractivity contribution >= 4 is 21.6 Å². The average molecular weight is 344 g/mol. The molecular formula is C16H20BrF2N. The molecule has 3 rings (SSSR count). The predicted octanol–water partition coefficient (Wildman–Crippen LogP) is 5.50. The van der Waals surface area contributed by atoms with Gasteiger partial charge in [0.25, 0.3) is 0 Å². The number of halogens is 3. The lowest BCUT2D eigenvalue weighted by Crippen LogP contribution is -2.34. The zero-order valence-corrected chi connectivity index (χ0v) is 13.1. The highest BCUT2D eigenvalue weighted by Gasteiger charge is 2.32. The van der Waals surface area contributed by atoms with Crippen LogP contribution in [0.2, 0.25) is 0 Å². The highest BCUT2D eigenvalue weighted by Crippen LogP contribution is 2.41. The van der Waals surface area contributed by atoms with Crippen LogP contribution in [0.3, 0.4) is 0 Å². The Bertz CT molecular complexity index is 468. The summed E-state index contributed by atoms with van der Waals surface area (Å²) in [5, 5.41) is 3.29. The first-order chi connectivity index (χ1) is 9.63. The van der Waals surface area contributed by atoms with Crippen molar-refractivity contribution in [1.29, 1.82) is 0 Å². The van der Waals surface area contributed by atoms with E-state index in [1.54, 1.807) is 0 Å². The maximum absolute atomic E-state index is 13.9. The van der Waals surface area contributed by atoms with E-state index < -0.39 is 11.6 Å². The fourth-order valence-electron chi connectivity index (χ4n) is 3.89. The van der Waals surface area contributed by atoms with E-state index in [0.717, 1.165) is 30.7 Å². The second-order valence-corrected chi connectivity index (χ2v) is 7.06. The summed E-state index contributed by atoms with van der Waals surface area (Å²) < 4.78 is 27.5. The van der Waals surface area contributed by atoms with Gasteiger partial charge in [0.15, 0.2) is 0 Å². The van der Waals surface area contributed by atoms with Gasteiger partial charge in [-0.05, 0) is 53.1 Å². The first-order valence-electron chi connectivity index (χ1n) is 7.54. The molecule has 2 saturated carbocycles. The molecule has 1 N–H and O–H groups in total. The van der Waals surface area contributed by atoms with E-state index in [4.69, 9.17) is 0 Å². The van der Waals surface area contributed by atoms with Gasteiger partial charge in [0.1, 0.15) is 11.6 Å². The van der Waals surface area contributed by atoms with Crippen LogP contribution in [0.25, 0.3) is 0 Å². The van der Waals surface area contributed by atoms with Crippen LogP contribution in [0.15, 0.2) is 16.6 Å². The molecule has 1 nitrogen and oxygen atoms in total. The van der Waals surface area contributed by atoms with E-state index in [2.05, 4.69) is 21.2 Å². The second kappa shape index (κ2) is 6.00. The fourth-order valence-corrected chi connectivity index (χ4v) is 4.41. The summed E-state index contributed by atoms with van der Waals surface area (Å²) in [6.07, 6.45) is 8.84. The number of fused-ring (bicyclic) bond motifs is 1. The molecule has 1 aromatic rings. The van der Waals surface area contributed by atoms with Crippen molar-refractivity contribution in [2.75, 3.05) is 5.32 Å². The van der Waals surface area contributed by atoms with Gasteiger partial charge in [0, 0.05) is 16.6 Å². The number of nitrogens with one attached hydrogen (secondary N) is 1. The molecule has 2 fully saturated rings. The van der Waals surface area contributed by atoms with Crippen LogP contribution < -0.4 is 5.32 Å². The molecule has 0 aromatic heterocycles. The quantitative estimate of drug-likeness (QED) is 0.747. The van der Waals surface area contributed by atoms with E-state index in [0.29, 0.717) is 16.2 Å². The Morgan fingerprint density at radius 2 is 1.75 bits per heavy atom. The third-order valence-electron chi connectivity index (χ3n) is 4.90. The summed E-state index contributed by atoms with van der Waals surface area (Å²) in [5.41, 5.74) is 0.408. The Hall–Kier alpha value is -0.640. The minimum absolute atomic E-state index is 0.311.